The summed E-state index contributed by atoms with van der Waals surface area (Å²) in [6, 6.07) is 10.7. The summed E-state index contributed by atoms with van der Waals surface area (Å²) in [6.07, 6.45) is 1.53. The second kappa shape index (κ2) is 7.31. The summed E-state index contributed by atoms with van der Waals surface area (Å²) >= 11 is 5.87. The number of carbonyl (C=O) groups is 1. The Morgan fingerprint density at radius 3 is 2.40 bits per heavy atom. The van der Waals surface area contributed by atoms with E-state index in [1.165, 1.54) is 4.57 Å². The first kappa shape index (κ1) is 17.5. The van der Waals surface area contributed by atoms with Crippen molar-refractivity contribution in [3.05, 3.63) is 63.0 Å². The van der Waals surface area contributed by atoms with Gasteiger partial charge in [-0.15, -0.1) is 0 Å². The van der Waals surface area contributed by atoms with Crippen LogP contribution in [0, 0.1) is 6.92 Å². The van der Waals surface area contributed by atoms with Crippen LogP contribution in [0.1, 0.15) is 28.9 Å². The number of carbonyl (C=O) groups excluding carboxylic acids is 1. The summed E-state index contributed by atoms with van der Waals surface area (Å²) < 4.78 is 7.44. The third-order valence-electron chi connectivity index (χ3n) is 4.63. The third-order valence-corrected chi connectivity index (χ3v) is 4.88. The van der Waals surface area contributed by atoms with Gasteiger partial charge in [-0.1, -0.05) is 11.6 Å². The van der Waals surface area contributed by atoms with Crippen molar-refractivity contribution in [2.24, 2.45) is 7.05 Å². The molecule has 1 amide bonds. The Bertz CT molecular complexity index is 822. The van der Waals surface area contributed by atoms with Crippen LogP contribution in [0.4, 0.5) is 0 Å². The molecule has 0 radical (unpaired) electrons. The SMILES string of the molecule is Cc1ccc(C(=O)N2CCC(Oc3ccc(Cl)cc3)CC2)c(=O)n1C. The fourth-order valence-electron chi connectivity index (χ4n) is 2.94. The smallest absolute Gasteiger partial charge is 0.263 e. The van der Waals surface area contributed by atoms with Crippen molar-refractivity contribution >= 4 is 17.5 Å². The predicted molar refractivity (Wildman–Crippen MR) is 97.4 cm³/mol. The molecule has 1 saturated heterocycles. The average Bonchev–Trinajstić information content (AvgIpc) is 2.62. The quantitative estimate of drug-likeness (QED) is 0.845. The number of piperidine rings is 1. The highest BCUT2D eigenvalue weighted by molar-refractivity contribution is 6.30. The number of hydrogen-bond acceptors (Lipinski definition) is 3. The zero-order chi connectivity index (χ0) is 18.0. The van der Waals surface area contributed by atoms with Crippen LogP contribution in [0.5, 0.6) is 5.75 Å². The zero-order valence-electron chi connectivity index (χ0n) is 14.4. The predicted octanol–water partition coefficient (Wildman–Crippen LogP) is 3.03. The second-order valence-corrected chi connectivity index (χ2v) is 6.75. The molecule has 0 aliphatic carbocycles. The maximum Gasteiger partial charge on any atom is 0.263 e. The van der Waals surface area contributed by atoms with E-state index < -0.39 is 0 Å². The molecule has 5 nitrogen and oxygen atoms in total. The van der Waals surface area contributed by atoms with E-state index in [-0.39, 0.29) is 23.1 Å². The van der Waals surface area contributed by atoms with Gasteiger partial charge < -0.3 is 14.2 Å². The van der Waals surface area contributed by atoms with Crippen molar-refractivity contribution in [3.8, 4) is 5.75 Å². The molecule has 0 spiro atoms. The largest absolute Gasteiger partial charge is 0.490 e. The minimum absolute atomic E-state index is 0.0612. The number of likely N-dealkylation sites (tertiary alicyclic amines) is 1. The molecule has 1 fully saturated rings. The summed E-state index contributed by atoms with van der Waals surface area (Å²) in [4.78, 5) is 26.7. The summed E-state index contributed by atoms with van der Waals surface area (Å²) in [7, 11) is 1.68. The van der Waals surface area contributed by atoms with Gasteiger partial charge in [0, 0.05) is 43.7 Å². The maximum atomic E-state index is 12.6. The van der Waals surface area contributed by atoms with Crippen molar-refractivity contribution < 1.29 is 9.53 Å². The number of nitrogens with zero attached hydrogens (tertiary/aromatic N) is 2. The van der Waals surface area contributed by atoms with Crippen LogP contribution in [0.25, 0.3) is 0 Å². The molecule has 0 N–H and O–H groups in total. The molecule has 25 heavy (non-hydrogen) atoms. The molecule has 0 atom stereocenters. The third kappa shape index (κ3) is 3.87. The summed E-state index contributed by atoms with van der Waals surface area (Å²) in [5.74, 6) is 0.576. The van der Waals surface area contributed by atoms with E-state index in [0.29, 0.717) is 18.1 Å². The number of benzene rings is 1. The number of aromatic nitrogens is 1. The number of pyridine rings is 1. The first-order chi connectivity index (χ1) is 12.0. The van der Waals surface area contributed by atoms with Gasteiger partial charge in [-0.2, -0.15) is 0 Å². The molecule has 0 unspecified atom stereocenters. The van der Waals surface area contributed by atoms with Crippen LogP contribution in [0.3, 0.4) is 0 Å². The van der Waals surface area contributed by atoms with E-state index in [0.717, 1.165) is 24.3 Å². The van der Waals surface area contributed by atoms with Crippen molar-refractivity contribution in [3.63, 3.8) is 0 Å². The first-order valence-electron chi connectivity index (χ1n) is 8.34. The topological polar surface area (TPSA) is 51.5 Å². The van der Waals surface area contributed by atoms with Gasteiger partial charge in [0.2, 0.25) is 0 Å². The Morgan fingerprint density at radius 2 is 1.76 bits per heavy atom. The Balaban J connectivity index is 1.62. The van der Waals surface area contributed by atoms with Gasteiger partial charge in [-0.05, 0) is 43.3 Å². The highest BCUT2D eigenvalue weighted by Gasteiger charge is 2.26. The molecular weight excluding hydrogens is 340 g/mol. The average molecular weight is 361 g/mol. The highest BCUT2D eigenvalue weighted by Crippen LogP contribution is 2.21. The Kier molecular flexibility index (Phi) is 5.13. The van der Waals surface area contributed by atoms with Gasteiger partial charge in [0.25, 0.3) is 11.5 Å². The monoisotopic (exact) mass is 360 g/mol. The Morgan fingerprint density at radius 1 is 1.12 bits per heavy atom. The molecule has 2 heterocycles. The van der Waals surface area contributed by atoms with Gasteiger partial charge in [-0.25, -0.2) is 0 Å². The standard InChI is InChI=1S/C19H21ClN2O3/c1-13-3-8-17(18(23)21(13)2)19(24)22-11-9-16(10-12-22)25-15-6-4-14(20)5-7-15/h3-8,16H,9-12H2,1-2H3. The molecule has 2 aromatic rings. The van der Waals surface area contributed by atoms with E-state index in [4.69, 9.17) is 16.3 Å². The van der Waals surface area contributed by atoms with Gasteiger partial charge in [-0.3, -0.25) is 9.59 Å². The first-order valence-corrected chi connectivity index (χ1v) is 8.71. The van der Waals surface area contributed by atoms with Gasteiger partial charge in [0.15, 0.2) is 0 Å². The lowest BCUT2D eigenvalue weighted by Crippen LogP contribution is -2.43. The molecule has 1 aliphatic heterocycles. The molecule has 1 aromatic heterocycles. The summed E-state index contributed by atoms with van der Waals surface area (Å²) in [5, 5.41) is 0.674. The van der Waals surface area contributed by atoms with Gasteiger partial charge in [0.1, 0.15) is 17.4 Å². The molecule has 132 valence electrons. The van der Waals surface area contributed by atoms with E-state index in [2.05, 4.69) is 0 Å². The lowest BCUT2D eigenvalue weighted by Gasteiger charge is -2.32. The zero-order valence-corrected chi connectivity index (χ0v) is 15.1. The van der Waals surface area contributed by atoms with E-state index in [9.17, 15) is 9.59 Å². The molecule has 3 rings (SSSR count). The summed E-state index contributed by atoms with van der Waals surface area (Å²) in [5.41, 5.74) is 0.811. The number of halogens is 1. The lowest BCUT2D eigenvalue weighted by molar-refractivity contribution is 0.0593. The molecular formula is C19H21ClN2O3. The fraction of sp³-hybridized carbons (Fsp3) is 0.368. The van der Waals surface area contributed by atoms with Crippen LogP contribution >= 0.6 is 11.6 Å². The number of hydrogen-bond donors (Lipinski definition) is 0. The summed E-state index contributed by atoms with van der Waals surface area (Å²) in [6.45, 7) is 3.00. The molecule has 6 heteroatoms. The minimum atomic E-state index is -0.246. The van der Waals surface area contributed by atoms with E-state index in [1.54, 1.807) is 36.2 Å². The fourth-order valence-corrected chi connectivity index (χ4v) is 3.07. The van der Waals surface area contributed by atoms with Crippen LogP contribution in [-0.4, -0.2) is 34.6 Å². The maximum absolute atomic E-state index is 12.6. The normalized spacial score (nSPS) is 15.2. The van der Waals surface area contributed by atoms with E-state index in [1.807, 2.05) is 19.1 Å². The van der Waals surface area contributed by atoms with Crippen molar-refractivity contribution in [2.75, 3.05) is 13.1 Å². The van der Waals surface area contributed by atoms with Crippen LogP contribution in [0.2, 0.25) is 5.02 Å². The molecule has 1 aromatic carbocycles. The second-order valence-electron chi connectivity index (χ2n) is 6.32. The van der Waals surface area contributed by atoms with Gasteiger partial charge >= 0.3 is 0 Å². The minimum Gasteiger partial charge on any atom is -0.490 e. The number of rotatable bonds is 3. The Labute approximate surface area is 151 Å². The van der Waals surface area contributed by atoms with Crippen LogP contribution in [-0.2, 0) is 7.05 Å². The number of aryl methyl sites for hydroxylation is 1. The highest BCUT2D eigenvalue weighted by atomic mass is 35.5. The number of amides is 1. The van der Waals surface area contributed by atoms with E-state index >= 15 is 0 Å². The van der Waals surface area contributed by atoms with Crippen molar-refractivity contribution in [1.29, 1.82) is 0 Å². The Hall–Kier alpha value is -2.27. The molecule has 0 bridgehead atoms. The lowest BCUT2D eigenvalue weighted by atomic mass is 10.1. The van der Waals surface area contributed by atoms with Crippen LogP contribution < -0.4 is 10.3 Å². The van der Waals surface area contributed by atoms with Gasteiger partial charge in [0.05, 0.1) is 0 Å². The van der Waals surface area contributed by atoms with Crippen molar-refractivity contribution in [2.45, 2.75) is 25.9 Å². The van der Waals surface area contributed by atoms with Crippen LogP contribution in [0.15, 0.2) is 41.2 Å². The van der Waals surface area contributed by atoms with Crippen molar-refractivity contribution in [1.82, 2.24) is 9.47 Å². The molecule has 0 saturated carbocycles. The number of ether oxygens (including phenoxy) is 1. The molecule has 1 aliphatic rings.